The molecule has 0 radical (unpaired) electrons. The average molecular weight is 484 g/mol. The van der Waals surface area contributed by atoms with E-state index in [1.807, 2.05) is 0 Å². The number of nitrogens with one attached hydrogen (secondary N) is 3. The quantitative estimate of drug-likeness (QED) is 0.429. The summed E-state index contributed by atoms with van der Waals surface area (Å²) < 4.78 is 67.0. The molecule has 6 nitrogen and oxygen atoms in total. The van der Waals surface area contributed by atoms with Gasteiger partial charge in [0.25, 0.3) is 5.91 Å². The van der Waals surface area contributed by atoms with Crippen molar-refractivity contribution in [3.8, 4) is 0 Å². The number of hydrogen-bond donors (Lipinski definition) is 3. The van der Waals surface area contributed by atoms with Crippen molar-refractivity contribution in [2.24, 2.45) is 0 Å². The van der Waals surface area contributed by atoms with Gasteiger partial charge in [-0.25, -0.2) is 13.1 Å². The van der Waals surface area contributed by atoms with Gasteiger partial charge in [-0.05, 0) is 35.9 Å². The summed E-state index contributed by atoms with van der Waals surface area (Å²) in [6, 6.07) is 16.9. The van der Waals surface area contributed by atoms with Crippen molar-refractivity contribution >= 4 is 33.2 Å². The fourth-order valence-electron chi connectivity index (χ4n) is 2.74. The SMILES string of the molecule is O=C(NNc1ccccc1C(F)(F)F)c1ccc(Cl)c(S(=O)(=O)NCc2ccccc2)c1. The lowest BCUT2D eigenvalue weighted by atomic mass is 10.2. The molecule has 1 amide bonds. The lowest BCUT2D eigenvalue weighted by Gasteiger charge is -2.15. The number of anilines is 1. The van der Waals surface area contributed by atoms with E-state index in [1.54, 1.807) is 30.3 Å². The zero-order chi connectivity index (χ0) is 23.4. The van der Waals surface area contributed by atoms with E-state index in [2.05, 4.69) is 15.6 Å². The Kier molecular flexibility index (Phi) is 7.07. The van der Waals surface area contributed by atoms with Crippen molar-refractivity contribution in [3.05, 3.63) is 94.5 Å². The van der Waals surface area contributed by atoms with E-state index in [1.165, 1.54) is 24.3 Å². The molecule has 0 fully saturated rings. The van der Waals surface area contributed by atoms with Gasteiger partial charge in [-0.2, -0.15) is 13.2 Å². The monoisotopic (exact) mass is 483 g/mol. The molecule has 168 valence electrons. The maximum Gasteiger partial charge on any atom is 0.418 e. The maximum atomic E-state index is 13.1. The molecule has 0 aliphatic rings. The first kappa shape index (κ1) is 23.6. The van der Waals surface area contributed by atoms with Gasteiger partial charge in [-0.1, -0.05) is 54.1 Å². The first-order valence-corrected chi connectivity index (χ1v) is 11.0. The third-order valence-electron chi connectivity index (χ3n) is 4.34. The molecule has 3 rings (SSSR count). The number of carbonyl (C=O) groups excluding carboxylic acids is 1. The molecule has 0 heterocycles. The number of rotatable bonds is 7. The highest BCUT2D eigenvalue weighted by Gasteiger charge is 2.33. The predicted molar refractivity (Wildman–Crippen MR) is 114 cm³/mol. The lowest BCUT2D eigenvalue weighted by Crippen LogP contribution is -2.31. The molecule has 0 saturated heterocycles. The normalized spacial score (nSPS) is 11.8. The van der Waals surface area contributed by atoms with Crippen LogP contribution < -0.4 is 15.6 Å². The number of sulfonamides is 1. The van der Waals surface area contributed by atoms with Crippen molar-refractivity contribution in [1.29, 1.82) is 0 Å². The summed E-state index contributed by atoms with van der Waals surface area (Å²) in [6.07, 6.45) is -4.62. The van der Waals surface area contributed by atoms with Crippen LogP contribution in [-0.4, -0.2) is 14.3 Å². The summed E-state index contributed by atoms with van der Waals surface area (Å²) in [5.41, 5.74) is 3.62. The molecule has 3 aromatic carbocycles. The van der Waals surface area contributed by atoms with Gasteiger partial charge in [0, 0.05) is 12.1 Å². The van der Waals surface area contributed by atoms with Crippen molar-refractivity contribution < 1.29 is 26.4 Å². The average Bonchev–Trinajstić information content (AvgIpc) is 2.76. The topological polar surface area (TPSA) is 87.3 Å². The van der Waals surface area contributed by atoms with Crippen LogP contribution in [0.1, 0.15) is 21.5 Å². The summed E-state index contributed by atoms with van der Waals surface area (Å²) in [5.74, 6) is -0.849. The number of halogens is 4. The third kappa shape index (κ3) is 5.78. The second-order valence-electron chi connectivity index (χ2n) is 6.58. The van der Waals surface area contributed by atoms with Gasteiger partial charge in [0.05, 0.1) is 16.3 Å². The number of hydrazine groups is 1. The minimum atomic E-state index is -4.62. The van der Waals surface area contributed by atoms with Crippen LogP contribution in [0, 0.1) is 0 Å². The van der Waals surface area contributed by atoms with Crippen LogP contribution in [-0.2, 0) is 22.7 Å². The van der Waals surface area contributed by atoms with E-state index in [0.29, 0.717) is 5.56 Å². The summed E-state index contributed by atoms with van der Waals surface area (Å²) in [4.78, 5) is 12.1. The number of carbonyl (C=O) groups is 1. The van der Waals surface area contributed by atoms with E-state index >= 15 is 0 Å². The van der Waals surface area contributed by atoms with Gasteiger partial charge in [0.15, 0.2) is 0 Å². The van der Waals surface area contributed by atoms with E-state index in [0.717, 1.165) is 18.2 Å². The number of alkyl halides is 3. The summed E-state index contributed by atoms with van der Waals surface area (Å²) in [6.45, 7) is 0.00566. The maximum absolute atomic E-state index is 13.1. The van der Waals surface area contributed by atoms with Crippen molar-refractivity contribution in [3.63, 3.8) is 0 Å². The lowest BCUT2D eigenvalue weighted by molar-refractivity contribution is -0.137. The van der Waals surface area contributed by atoms with Crippen LogP contribution in [0.4, 0.5) is 18.9 Å². The molecular formula is C21H17ClF3N3O3S. The van der Waals surface area contributed by atoms with Gasteiger partial charge in [0.2, 0.25) is 10.0 Å². The molecule has 0 aliphatic carbocycles. The smallest absolute Gasteiger partial charge is 0.298 e. The van der Waals surface area contributed by atoms with Crippen LogP contribution in [0.3, 0.4) is 0 Å². The molecule has 0 saturated carbocycles. The molecule has 0 bridgehead atoms. The summed E-state index contributed by atoms with van der Waals surface area (Å²) >= 11 is 6.02. The Morgan fingerprint density at radius 1 is 0.938 bits per heavy atom. The van der Waals surface area contributed by atoms with Crippen LogP contribution >= 0.6 is 11.6 Å². The second-order valence-corrected chi connectivity index (χ2v) is 8.72. The largest absolute Gasteiger partial charge is 0.418 e. The van der Waals surface area contributed by atoms with Gasteiger partial charge >= 0.3 is 6.18 Å². The molecule has 0 aliphatic heterocycles. The standard InChI is InChI=1S/C21H17ClF3N3O3S/c22-17-11-10-15(12-19(17)32(30,31)26-13-14-6-2-1-3-7-14)20(29)28-27-18-9-5-4-8-16(18)21(23,24)25/h1-12,26-27H,13H2,(H,28,29). The number of amides is 1. The fourth-order valence-corrected chi connectivity index (χ4v) is 4.28. The minimum Gasteiger partial charge on any atom is -0.298 e. The molecule has 0 aromatic heterocycles. The molecule has 11 heteroatoms. The molecule has 0 atom stereocenters. The Balaban J connectivity index is 1.76. The zero-order valence-corrected chi connectivity index (χ0v) is 17.9. The molecule has 32 heavy (non-hydrogen) atoms. The highest BCUT2D eigenvalue weighted by atomic mass is 35.5. The predicted octanol–water partition coefficient (Wildman–Crippen LogP) is 4.59. The summed E-state index contributed by atoms with van der Waals surface area (Å²) in [5, 5.41) is -0.113. The van der Waals surface area contributed by atoms with Gasteiger partial charge in [-0.3, -0.25) is 15.6 Å². The minimum absolute atomic E-state index is 0.00566. The molecule has 3 N–H and O–H groups in total. The first-order valence-electron chi connectivity index (χ1n) is 9.13. The van der Waals surface area contributed by atoms with Crippen LogP contribution in [0.15, 0.2) is 77.7 Å². The molecule has 0 spiro atoms. The Labute approximate surface area is 187 Å². The van der Waals surface area contributed by atoms with Crippen molar-refractivity contribution in [1.82, 2.24) is 10.1 Å². The van der Waals surface area contributed by atoms with E-state index in [4.69, 9.17) is 11.6 Å². The molecule has 3 aromatic rings. The Hall–Kier alpha value is -3.08. The highest BCUT2D eigenvalue weighted by Crippen LogP contribution is 2.34. The van der Waals surface area contributed by atoms with E-state index < -0.39 is 27.7 Å². The third-order valence-corrected chi connectivity index (χ3v) is 6.22. The zero-order valence-electron chi connectivity index (χ0n) is 16.3. The Morgan fingerprint density at radius 2 is 1.59 bits per heavy atom. The van der Waals surface area contributed by atoms with Crippen LogP contribution in [0.2, 0.25) is 5.02 Å². The van der Waals surface area contributed by atoms with E-state index in [-0.39, 0.29) is 27.7 Å². The van der Waals surface area contributed by atoms with Gasteiger partial charge in [-0.15, -0.1) is 0 Å². The number of benzene rings is 3. The van der Waals surface area contributed by atoms with E-state index in [9.17, 15) is 26.4 Å². The summed E-state index contributed by atoms with van der Waals surface area (Å²) in [7, 11) is -4.07. The first-order chi connectivity index (χ1) is 15.1. The van der Waals surface area contributed by atoms with Crippen LogP contribution in [0.25, 0.3) is 0 Å². The highest BCUT2D eigenvalue weighted by molar-refractivity contribution is 7.89. The van der Waals surface area contributed by atoms with Crippen LogP contribution in [0.5, 0.6) is 0 Å². The Bertz CT molecular complexity index is 1220. The van der Waals surface area contributed by atoms with Gasteiger partial charge < -0.3 is 0 Å². The van der Waals surface area contributed by atoms with Gasteiger partial charge in [0.1, 0.15) is 4.90 Å². The number of hydrogen-bond acceptors (Lipinski definition) is 4. The van der Waals surface area contributed by atoms with Crippen molar-refractivity contribution in [2.45, 2.75) is 17.6 Å². The second kappa shape index (κ2) is 9.60. The van der Waals surface area contributed by atoms with Crippen molar-refractivity contribution in [2.75, 3.05) is 5.43 Å². The molecule has 0 unspecified atom stereocenters. The Morgan fingerprint density at radius 3 is 2.28 bits per heavy atom. The number of para-hydroxylation sites is 1. The molecular weight excluding hydrogens is 467 g/mol. The fraction of sp³-hybridized carbons (Fsp3) is 0.0952.